The van der Waals surface area contributed by atoms with Gasteiger partial charge in [-0.15, -0.1) is 0 Å². The van der Waals surface area contributed by atoms with Crippen molar-refractivity contribution in [1.29, 1.82) is 5.41 Å². The van der Waals surface area contributed by atoms with Gasteiger partial charge in [0, 0.05) is 47.9 Å². The minimum atomic E-state index is -3.81. The first kappa shape index (κ1) is 20.4. The predicted octanol–water partition coefficient (Wildman–Crippen LogP) is 3.84. The van der Waals surface area contributed by atoms with Crippen molar-refractivity contribution in [3.63, 3.8) is 0 Å². The maximum absolute atomic E-state index is 12.8. The summed E-state index contributed by atoms with van der Waals surface area (Å²) in [6.07, 6.45) is 5.71. The molecule has 0 radical (unpaired) electrons. The van der Waals surface area contributed by atoms with Crippen LogP contribution in [0.5, 0.6) is 0 Å². The van der Waals surface area contributed by atoms with Crippen molar-refractivity contribution in [2.45, 2.75) is 11.8 Å². The lowest BCUT2D eigenvalue weighted by atomic mass is 9.97. The Balaban J connectivity index is 1.80. The van der Waals surface area contributed by atoms with Crippen LogP contribution in [-0.2, 0) is 10.0 Å². The number of nitrogens with zero attached hydrogens (tertiary/aromatic N) is 3. The van der Waals surface area contributed by atoms with E-state index in [-0.39, 0.29) is 10.7 Å². The van der Waals surface area contributed by atoms with Gasteiger partial charge >= 0.3 is 0 Å². The fraction of sp³-hybridized carbons (Fsp3) is 0.0909. The van der Waals surface area contributed by atoms with E-state index in [4.69, 9.17) is 5.41 Å². The number of benzene rings is 2. The van der Waals surface area contributed by atoms with Gasteiger partial charge in [0.2, 0.25) is 0 Å². The first-order valence-corrected chi connectivity index (χ1v) is 10.9. The third-order valence-corrected chi connectivity index (χ3v) is 6.30. The van der Waals surface area contributed by atoms with Crippen molar-refractivity contribution in [3.8, 4) is 11.3 Å². The van der Waals surface area contributed by atoms with Crippen LogP contribution in [0, 0.1) is 12.3 Å². The number of anilines is 2. The molecule has 0 amide bonds. The average Bonchev–Trinajstić information content (AvgIpc) is 2.78. The van der Waals surface area contributed by atoms with Gasteiger partial charge in [0.1, 0.15) is 12.1 Å². The molecule has 0 fully saturated rings. The van der Waals surface area contributed by atoms with Crippen LogP contribution in [-0.4, -0.2) is 36.6 Å². The van der Waals surface area contributed by atoms with Gasteiger partial charge in [0.15, 0.2) is 0 Å². The standard InChI is InChI=1S/C22H20N6O2S/c1-14-9-16(12-23)20(24-2)11-19(14)22-18-4-3-17(10-15(18)5-8-26-22)31(29,30)28-21-6-7-25-13-27-21/h3-13,23-24H,1-2H3,(H,25,27,28). The van der Waals surface area contributed by atoms with Gasteiger partial charge in [-0.1, -0.05) is 6.07 Å². The van der Waals surface area contributed by atoms with E-state index in [1.54, 1.807) is 37.5 Å². The Morgan fingerprint density at radius 3 is 2.58 bits per heavy atom. The normalized spacial score (nSPS) is 11.3. The second-order valence-electron chi connectivity index (χ2n) is 6.89. The molecular weight excluding hydrogens is 412 g/mol. The second kappa shape index (κ2) is 8.11. The van der Waals surface area contributed by atoms with Crippen LogP contribution >= 0.6 is 0 Å². The summed E-state index contributed by atoms with van der Waals surface area (Å²) >= 11 is 0. The van der Waals surface area contributed by atoms with Crippen LogP contribution < -0.4 is 10.0 Å². The van der Waals surface area contributed by atoms with Crippen LogP contribution in [0.4, 0.5) is 11.5 Å². The Morgan fingerprint density at radius 2 is 1.87 bits per heavy atom. The SMILES string of the molecule is CNc1cc(-c2nccc3cc(S(=O)(=O)Nc4ccncn4)ccc23)c(C)cc1C=N. The summed E-state index contributed by atoms with van der Waals surface area (Å²) in [5.41, 5.74) is 4.24. The Bertz CT molecular complexity index is 1390. The van der Waals surface area contributed by atoms with Gasteiger partial charge in [-0.3, -0.25) is 9.71 Å². The number of aryl methyl sites for hydroxylation is 1. The lowest BCUT2D eigenvalue weighted by molar-refractivity contribution is 0.601. The van der Waals surface area contributed by atoms with Gasteiger partial charge in [-0.2, -0.15) is 0 Å². The molecule has 3 N–H and O–H groups in total. The quantitative estimate of drug-likeness (QED) is 0.398. The molecule has 2 aromatic heterocycles. The molecule has 31 heavy (non-hydrogen) atoms. The molecule has 4 rings (SSSR count). The number of fused-ring (bicyclic) bond motifs is 1. The smallest absolute Gasteiger partial charge is 0.263 e. The Kier molecular flexibility index (Phi) is 5.35. The topological polar surface area (TPSA) is 121 Å². The lowest BCUT2D eigenvalue weighted by Gasteiger charge is -2.14. The lowest BCUT2D eigenvalue weighted by Crippen LogP contribution is -2.13. The first-order chi connectivity index (χ1) is 14.9. The number of pyridine rings is 1. The van der Waals surface area contributed by atoms with Gasteiger partial charge in [-0.05, 0) is 54.3 Å². The largest absolute Gasteiger partial charge is 0.388 e. The highest BCUT2D eigenvalue weighted by Gasteiger charge is 2.17. The highest BCUT2D eigenvalue weighted by Crippen LogP contribution is 2.33. The van der Waals surface area contributed by atoms with E-state index in [0.29, 0.717) is 0 Å². The van der Waals surface area contributed by atoms with E-state index in [0.717, 1.165) is 38.8 Å². The zero-order valence-electron chi connectivity index (χ0n) is 16.9. The molecule has 156 valence electrons. The Hall–Kier alpha value is -3.85. The van der Waals surface area contributed by atoms with E-state index in [9.17, 15) is 8.42 Å². The molecule has 8 nitrogen and oxygen atoms in total. The van der Waals surface area contributed by atoms with Crippen molar-refractivity contribution >= 4 is 38.5 Å². The highest BCUT2D eigenvalue weighted by molar-refractivity contribution is 7.92. The number of sulfonamides is 1. The minimum Gasteiger partial charge on any atom is -0.388 e. The minimum absolute atomic E-state index is 0.127. The number of aromatic nitrogens is 3. The number of hydrogen-bond donors (Lipinski definition) is 3. The molecule has 2 aromatic carbocycles. The third-order valence-electron chi connectivity index (χ3n) is 4.94. The molecular formula is C22H20N6O2S. The number of rotatable bonds is 6. The van der Waals surface area contributed by atoms with Gasteiger partial charge < -0.3 is 10.7 Å². The maximum Gasteiger partial charge on any atom is 0.263 e. The molecule has 0 aliphatic rings. The van der Waals surface area contributed by atoms with Gasteiger partial charge in [0.25, 0.3) is 10.0 Å². The fourth-order valence-corrected chi connectivity index (χ4v) is 4.45. The average molecular weight is 433 g/mol. The molecule has 2 heterocycles. The molecule has 0 bridgehead atoms. The summed E-state index contributed by atoms with van der Waals surface area (Å²) in [7, 11) is -2.00. The van der Waals surface area contributed by atoms with Crippen molar-refractivity contribution in [1.82, 2.24) is 15.0 Å². The summed E-state index contributed by atoms with van der Waals surface area (Å²) < 4.78 is 28.0. The van der Waals surface area contributed by atoms with Crippen molar-refractivity contribution in [2.24, 2.45) is 0 Å². The summed E-state index contributed by atoms with van der Waals surface area (Å²) in [6, 6.07) is 12.1. The van der Waals surface area contributed by atoms with E-state index in [1.807, 2.05) is 19.1 Å². The zero-order chi connectivity index (χ0) is 22.0. The van der Waals surface area contributed by atoms with E-state index in [1.165, 1.54) is 24.8 Å². The molecule has 0 aliphatic carbocycles. The van der Waals surface area contributed by atoms with Crippen LogP contribution in [0.3, 0.4) is 0 Å². The van der Waals surface area contributed by atoms with Crippen molar-refractivity contribution < 1.29 is 8.42 Å². The first-order valence-electron chi connectivity index (χ1n) is 9.44. The van der Waals surface area contributed by atoms with Crippen molar-refractivity contribution in [3.05, 3.63) is 72.3 Å². The van der Waals surface area contributed by atoms with Crippen molar-refractivity contribution in [2.75, 3.05) is 17.1 Å². The molecule has 0 unspecified atom stereocenters. The fourth-order valence-electron chi connectivity index (χ4n) is 3.41. The zero-order valence-corrected chi connectivity index (χ0v) is 17.7. The maximum atomic E-state index is 12.8. The molecule has 0 atom stereocenters. The highest BCUT2D eigenvalue weighted by atomic mass is 32.2. The van der Waals surface area contributed by atoms with Crippen LogP contribution in [0.25, 0.3) is 22.0 Å². The van der Waals surface area contributed by atoms with Gasteiger partial charge in [-0.25, -0.2) is 18.4 Å². The Morgan fingerprint density at radius 1 is 1.03 bits per heavy atom. The van der Waals surface area contributed by atoms with Crippen LogP contribution in [0.1, 0.15) is 11.1 Å². The monoisotopic (exact) mass is 432 g/mol. The second-order valence-corrected chi connectivity index (χ2v) is 8.57. The third kappa shape index (κ3) is 3.95. The molecule has 0 aliphatic heterocycles. The summed E-state index contributed by atoms with van der Waals surface area (Å²) in [6.45, 7) is 1.97. The van der Waals surface area contributed by atoms with Crippen LogP contribution in [0.15, 0.2) is 66.1 Å². The predicted molar refractivity (Wildman–Crippen MR) is 122 cm³/mol. The van der Waals surface area contributed by atoms with Crippen LogP contribution in [0.2, 0.25) is 0 Å². The van der Waals surface area contributed by atoms with E-state index in [2.05, 4.69) is 25.0 Å². The van der Waals surface area contributed by atoms with E-state index >= 15 is 0 Å². The molecule has 0 spiro atoms. The molecule has 0 saturated carbocycles. The molecule has 4 aromatic rings. The molecule has 9 heteroatoms. The Labute approximate surface area is 180 Å². The number of hydrogen-bond acceptors (Lipinski definition) is 7. The molecule has 0 saturated heterocycles. The summed E-state index contributed by atoms with van der Waals surface area (Å²) in [5, 5.41) is 12.3. The number of nitrogens with one attached hydrogen (secondary N) is 3. The van der Waals surface area contributed by atoms with E-state index < -0.39 is 10.0 Å². The summed E-state index contributed by atoms with van der Waals surface area (Å²) in [5.74, 6) is 0.201. The van der Waals surface area contributed by atoms with Gasteiger partial charge in [0.05, 0.1) is 10.6 Å². The summed E-state index contributed by atoms with van der Waals surface area (Å²) in [4.78, 5) is 12.4.